The normalized spacial score (nSPS) is 26.7. The van der Waals surface area contributed by atoms with Crippen LogP contribution >= 0.6 is 0 Å². The van der Waals surface area contributed by atoms with Gasteiger partial charge in [-0.3, -0.25) is 9.59 Å². The van der Waals surface area contributed by atoms with Gasteiger partial charge in [0.2, 0.25) is 11.8 Å². The number of β-amino-alcohol motifs (C(OH)–C–C–N with tert-alkyl or cyclic N) is 1. The number of carbonyl (C=O) groups excluding carboxylic acids is 2. The van der Waals surface area contributed by atoms with Crippen molar-refractivity contribution in [3.05, 3.63) is 59.7 Å². The number of nitrogens with zero attached hydrogens (tertiary/aromatic N) is 2. The second-order valence-electron chi connectivity index (χ2n) is 12.7. The summed E-state index contributed by atoms with van der Waals surface area (Å²) in [6, 6.07) is 12.5. The fourth-order valence-electron chi connectivity index (χ4n) is 6.61. The highest BCUT2D eigenvalue weighted by Gasteiger charge is 2.53. The van der Waals surface area contributed by atoms with Gasteiger partial charge < -0.3 is 24.4 Å². The number of benzene rings is 2. The van der Waals surface area contributed by atoms with Gasteiger partial charge in [-0.1, -0.05) is 24.3 Å². The van der Waals surface area contributed by atoms with Crippen LogP contribution in [0.1, 0.15) is 76.0 Å². The molecule has 1 aliphatic carbocycles. The minimum atomic E-state index is -4.62. The van der Waals surface area contributed by atoms with Crippen LogP contribution in [0.5, 0.6) is 5.75 Å². The third-order valence-corrected chi connectivity index (χ3v) is 9.47. The highest BCUT2D eigenvalue weighted by atomic mass is 19.4. The summed E-state index contributed by atoms with van der Waals surface area (Å²) < 4.78 is 52.2. The van der Waals surface area contributed by atoms with Crippen molar-refractivity contribution in [3.63, 3.8) is 0 Å². The molecular weight excluding hydrogens is 549 g/mol. The highest BCUT2D eigenvalue weighted by molar-refractivity contribution is 6.00. The van der Waals surface area contributed by atoms with Crippen LogP contribution in [0, 0.1) is 5.41 Å². The Balaban J connectivity index is 1.22. The molecule has 228 valence electrons. The first-order valence-corrected chi connectivity index (χ1v) is 14.5. The van der Waals surface area contributed by atoms with Crippen molar-refractivity contribution in [1.29, 1.82) is 0 Å². The molecule has 1 spiro atoms. The molecule has 1 N–H and O–H groups in total. The van der Waals surface area contributed by atoms with Crippen LogP contribution in [0.25, 0.3) is 0 Å². The maximum absolute atomic E-state index is 13.9. The summed E-state index contributed by atoms with van der Waals surface area (Å²) in [6.45, 7) is 4.54. The van der Waals surface area contributed by atoms with E-state index in [0.29, 0.717) is 62.1 Å². The van der Waals surface area contributed by atoms with Gasteiger partial charge >= 0.3 is 6.18 Å². The van der Waals surface area contributed by atoms with Crippen molar-refractivity contribution in [2.45, 2.75) is 88.8 Å². The van der Waals surface area contributed by atoms with Gasteiger partial charge in [0.05, 0.1) is 24.7 Å². The third kappa shape index (κ3) is 6.01. The summed E-state index contributed by atoms with van der Waals surface area (Å²) in [5.41, 5.74) is -0.836. The molecule has 2 saturated heterocycles. The minimum Gasteiger partial charge on any atom is -0.497 e. The Morgan fingerprint density at radius 1 is 0.929 bits per heavy atom. The molecule has 2 heterocycles. The number of alkyl halides is 3. The van der Waals surface area contributed by atoms with E-state index >= 15 is 0 Å². The van der Waals surface area contributed by atoms with Gasteiger partial charge in [-0.25, -0.2) is 0 Å². The van der Waals surface area contributed by atoms with Crippen molar-refractivity contribution in [2.75, 3.05) is 25.1 Å². The fraction of sp³-hybridized carbons (Fsp3) is 0.562. The number of aliphatic hydroxyl groups is 1. The molecule has 1 saturated carbocycles. The van der Waals surface area contributed by atoms with E-state index in [1.165, 1.54) is 19.2 Å². The second-order valence-corrected chi connectivity index (χ2v) is 12.7. The van der Waals surface area contributed by atoms with Crippen LogP contribution in [0.2, 0.25) is 0 Å². The van der Waals surface area contributed by atoms with Crippen LogP contribution < -0.4 is 9.64 Å². The number of hydrogen-bond acceptors (Lipinski definition) is 5. The van der Waals surface area contributed by atoms with E-state index < -0.39 is 23.3 Å². The average molecular weight is 589 g/mol. The lowest BCUT2D eigenvalue weighted by molar-refractivity contribution is -0.227. The minimum absolute atomic E-state index is 0.0387. The average Bonchev–Trinajstić information content (AvgIpc) is 3.40. The maximum atomic E-state index is 13.9. The van der Waals surface area contributed by atoms with E-state index in [2.05, 4.69) is 0 Å². The lowest BCUT2D eigenvalue weighted by atomic mass is 9.67. The molecule has 3 fully saturated rings. The summed E-state index contributed by atoms with van der Waals surface area (Å²) in [7, 11) is 1.51. The molecule has 1 unspecified atom stereocenters. The third-order valence-electron chi connectivity index (χ3n) is 9.47. The molecule has 0 aromatic heterocycles. The molecule has 0 bridgehead atoms. The number of rotatable bonds is 8. The second kappa shape index (κ2) is 11.2. The van der Waals surface area contributed by atoms with Crippen molar-refractivity contribution in [1.82, 2.24) is 4.90 Å². The monoisotopic (exact) mass is 588 g/mol. The molecule has 1 atom stereocenters. The number of methoxy groups -OCH3 is 1. The Morgan fingerprint density at radius 2 is 1.57 bits per heavy atom. The Hall–Kier alpha value is -3.11. The number of halogens is 3. The van der Waals surface area contributed by atoms with Crippen LogP contribution in [-0.2, 0) is 20.9 Å². The van der Waals surface area contributed by atoms with Crippen LogP contribution in [-0.4, -0.2) is 59.3 Å². The van der Waals surface area contributed by atoms with Gasteiger partial charge in [0.25, 0.3) is 0 Å². The number of anilines is 1. The van der Waals surface area contributed by atoms with Crippen LogP contribution in [0.3, 0.4) is 0 Å². The summed E-state index contributed by atoms with van der Waals surface area (Å²) in [5, 5.41) is 11.4. The Labute approximate surface area is 244 Å². The molecule has 7 nitrogen and oxygen atoms in total. The number of hydrogen-bond donors (Lipinski definition) is 1. The molecule has 3 aliphatic rings. The Morgan fingerprint density at radius 3 is 2.12 bits per heavy atom. The van der Waals surface area contributed by atoms with Crippen molar-refractivity contribution < 1.29 is 37.3 Å². The quantitative estimate of drug-likeness (QED) is 0.413. The van der Waals surface area contributed by atoms with Gasteiger partial charge in [-0.15, -0.1) is 0 Å². The first-order valence-electron chi connectivity index (χ1n) is 14.5. The van der Waals surface area contributed by atoms with Crippen molar-refractivity contribution in [3.8, 4) is 5.75 Å². The summed E-state index contributed by atoms with van der Waals surface area (Å²) in [4.78, 5) is 29.5. The number of carbonyl (C=O) groups is 2. The molecule has 5 rings (SSSR count). The first kappa shape index (κ1) is 30.4. The fourth-order valence-corrected chi connectivity index (χ4v) is 6.61. The SMILES string of the molecule is COc1ccc(COC(c2ccc(N3CCC4(CCC(O)(CN5C(=O)CCC5(C)C)CC4)C3=O)cc2)C(F)(F)F)cc1. The van der Waals surface area contributed by atoms with Gasteiger partial charge in [-0.2, -0.15) is 13.2 Å². The molecule has 2 aliphatic heterocycles. The van der Waals surface area contributed by atoms with E-state index in [-0.39, 0.29) is 36.1 Å². The predicted octanol–water partition coefficient (Wildman–Crippen LogP) is 5.94. The molecular formula is C32H39F3N2O5. The number of ether oxygens (including phenoxy) is 2. The van der Waals surface area contributed by atoms with Crippen LogP contribution in [0.4, 0.5) is 18.9 Å². The Kier molecular flexibility index (Phi) is 8.08. The molecule has 2 aromatic carbocycles. The van der Waals surface area contributed by atoms with Gasteiger partial charge in [-0.05, 0) is 87.8 Å². The maximum Gasteiger partial charge on any atom is 0.418 e. The highest BCUT2D eigenvalue weighted by Crippen LogP contribution is 2.49. The van der Waals surface area contributed by atoms with E-state index in [9.17, 15) is 27.9 Å². The smallest absolute Gasteiger partial charge is 0.418 e. The topological polar surface area (TPSA) is 79.3 Å². The first-order chi connectivity index (χ1) is 19.8. The van der Waals surface area contributed by atoms with E-state index in [4.69, 9.17) is 9.47 Å². The van der Waals surface area contributed by atoms with E-state index in [0.717, 1.165) is 6.42 Å². The van der Waals surface area contributed by atoms with Crippen molar-refractivity contribution in [2.24, 2.45) is 5.41 Å². The zero-order valence-electron chi connectivity index (χ0n) is 24.4. The van der Waals surface area contributed by atoms with Gasteiger partial charge in [0, 0.05) is 30.7 Å². The predicted molar refractivity (Wildman–Crippen MR) is 151 cm³/mol. The zero-order valence-corrected chi connectivity index (χ0v) is 24.4. The van der Waals surface area contributed by atoms with Crippen LogP contribution in [0.15, 0.2) is 48.5 Å². The molecule has 0 radical (unpaired) electrons. The summed E-state index contributed by atoms with van der Waals surface area (Å²) in [5.74, 6) is 0.601. The van der Waals surface area contributed by atoms with Gasteiger partial charge in [0.1, 0.15) is 5.75 Å². The molecule has 42 heavy (non-hydrogen) atoms. The van der Waals surface area contributed by atoms with E-state index in [1.54, 1.807) is 46.2 Å². The number of likely N-dealkylation sites (tertiary alicyclic amines) is 1. The van der Waals surface area contributed by atoms with Gasteiger partial charge in [0.15, 0.2) is 6.10 Å². The molecule has 2 amide bonds. The summed E-state index contributed by atoms with van der Waals surface area (Å²) in [6.07, 6.45) is -3.01. The largest absolute Gasteiger partial charge is 0.497 e. The van der Waals surface area contributed by atoms with Crippen molar-refractivity contribution >= 4 is 17.5 Å². The Bertz CT molecular complexity index is 1280. The number of amides is 2. The standard InChI is InChI=1S/C32H39F3N2O5/c1-29(2)13-12-26(38)37(29)21-31(40)16-14-30(15-17-31)18-19-36(28(30)39)24-8-6-23(7-9-24)27(32(33,34)35)42-20-22-4-10-25(41-3)11-5-22/h4-11,27,40H,12-21H2,1-3H3. The lowest BCUT2D eigenvalue weighted by Crippen LogP contribution is -2.53. The zero-order chi connectivity index (χ0) is 30.3. The summed E-state index contributed by atoms with van der Waals surface area (Å²) >= 11 is 0. The molecule has 2 aromatic rings. The van der Waals surface area contributed by atoms with E-state index in [1.807, 2.05) is 13.8 Å². The lowest BCUT2D eigenvalue weighted by Gasteiger charge is -2.44. The molecule has 10 heteroatoms.